The van der Waals surface area contributed by atoms with Crippen molar-refractivity contribution in [3.63, 3.8) is 0 Å². The maximum Gasteiger partial charge on any atom is 0.338 e. The van der Waals surface area contributed by atoms with E-state index in [0.717, 1.165) is 11.1 Å². The molecule has 0 saturated carbocycles. The van der Waals surface area contributed by atoms with Crippen LogP contribution in [0.25, 0.3) is 11.4 Å². The normalized spacial score (nSPS) is 10.7. The molecule has 0 amide bonds. The second kappa shape index (κ2) is 8.05. The van der Waals surface area contributed by atoms with E-state index in [1.54, 1.807) is 19.1 Å². The highest BCUT2D eigenvalue weighted by molar-refractivity contribution is 7.98. The molecule has 0 atom stereocenters. The van der Waals surface area contributed by atoms with E-state index in [1.807, 2.05) is 43.3 Å². The minimum absolute atomic E-state index is 0.309. The second-order valence-electron chi connectivity index (χ2n) is 5.75. The SMILES string of the molecule is CCOC(=O)c1ccc(CSc2nnc(-c3ccc(C)cc3)n2N)cc1. The van der Waals surface area contributed by atoms with Gasteiger partial charge in [-0.05, 0) is 31.5 Å². The molecule has 0 bridgehead atoms. The molecular weight excluding hydrogens is 348 g/mol. The van der Waals surface area contributed by atoms with E-state index >= 15 is 0 Å². The van der Waals surface area contributed by atoms with E-state index in [2.05, 4.69) is 10.2 Å². The molecule has 2 N–H and O–H groups in total. The number of carbonyl (C=O) groups is 1. The van der Waals surface area contributed by atoms with E-state index in [-0.39, 0.29) is 5.97 Å². The molecule has 0 aliphatic rings. The van der Waals surface area contributed by atoms with Crippen LogP contribution in [0.4, 0.5) is 0 Å². The summed E-state index contributed by atoms with van der Waals surface area (Å²) >= 11 is 1.49. The third kappa shape index (κ3) is 4.05. The minimum Gasteiger partial charge on any atom is -0.462 e. The zero-order valence-corrected chi connectivity index (χ0v) is 15.5. The molecule has 0 aliphatic heterocycles. The van der Waals surface area contributed by atoms with Crippen molar-refractivity contribution in [3.05, 3.63) is 65.2 Å². The number of carbonyl (C=O) groups excluding carboxylic acids is 1. The molecule has 1 aromatic heterocycles. The van der Waals surface area contributed by atoms with E-state index < -0.39 is 0 Å². The zero-order valence-electron chi connectivity index (χ0n) is 14.7. The van der Waals surface area contributed by atoms with E-state index in [4.69, 9.17) is 10.6 Å². The highest BCUT2D eigenvalue weighted by Gasteiger charge is 2.12. The largest absolute Gasteiger partial charge is 0.462 e. The fraction of sp³-hybridized carbons (Fsp3) is 0.211. The predicted molar refractivity (Wildman–Crippen MR) is 102 cm³/mol. The number of esters is 1. The Morgan fingerprint density at radius 1 is 1.12 bits per heavy atom. The van der Waals surface area contributed by atoms with Gasteiger partial charge in [0.1, 0.15) is 0 Å². The Labute approximate surface area is 156 Å². The number of thioether (sulfide) groups is 1. The van der Waals surface area contributed by atoms with Crippen molar-refractivity contribution >= 4 is 17.7 Å². The van der Waals surface area contributed by atoms with Crippen LogP contribution in [-0.4, -0.2) is 27.4 Å². The number of rotatable bonds is 6. The summed E-state index contributed by atoms with van der Waals surface area (Å²) in [6, 6.07) is 15.3. The number of benzene rings is 2. The Hall–Kier alpha value is -2.80. The number of hydrogen-bond donors (Lipinski definition) is 1. The van der Waals surface area contributed by atoms with Crippen molar-refractivity contribution in [1.82, 2.24) is 14.9 Å². The van der Waals surface area contributed by atoms with Crippen LogP contribution in [0.5, 0.6) is 0 Å². The number of nitrogen functional groups attached to an aromatic ring is 1. The number of hydrogen-bond acceptors (Lipinski definition) is 6. The van der Waals surface area contributed by atoms with E-state index in [0.29, 0.717) is 28.9 Å². The summed E-state index contributed by atoms with van der Waals surface area (Å²) in [6.45, 7) is 4.19. The molecule has 7 heteroatoms. The first-order chi connectivity index (χ1) is 12.6. The predicted octanol–water partition coefficient (Wildman–Crippen LogP) is 3.44. The molecular formula is C19H20N4O2S. The molecule has 2 aromatic carbocycles. The lowest BCUT2D eigenvalue weighted by molar-refractivity contribution is 0.0526. The van der Waals surface area contributed by atoms with Gasteiger partial charge in [0.05, 0.1) is 12.2 Å². The van der Waals surface area contributed by atoms with E-state index in [1.165, 1.54) is 22.0 Å². The number of ether oxygens (including phenoxy) is 1. The third-order valence-electron chi connectivity index (χ3n) is 3.81. The average molecular weight is 368 g/mol. The third-order valence-corrected chi connectivity index (χ3v) is 4.82. The highest BCUT2D eigenvalue weighted by atomic mass is 32.2. The lowest BCUT2D eigenvalue weighted by Gasteiger charge is -2.05. The van der Waals surface area contributed by atoms with Gasteiger partial charge in [0.25, 0.3) is 0 Å². The summed E-state index contributed by atoms with van der Waals surface area (Å²) in [4.78, 5) is 11.7. The van der Waals surface area contributed by atoms with Gasteiger partial charge in [-0.1, -0.05) is 53.7 Å². The van der Waals surface area contributed by atoms with Crippen molar-refractivity contribution < 1.29 is 9.53 Å². The van der Waals surface area contributed by atoms with Gasteiger partial charge in [-0.25, -0.2) is 9.47 Å². The second-order valence-corrected chi connectivity index (χ2v) is 6.69. The number of nitrogens with two attached hydrogens (primary N) is 1. The lowest BCUT2D eigenvalue weighted by atomic mass is 10.1. The van der Waals surface area contributed by atoms with Crippen molar-refractivity contribution in [2.75, 3.05) is 12.4 Å². The Morgan fingerprint density at radius 3 is 2.46 bits per heavy atom. The average Bonchev–Trinajstić information content (AvgIpc) is 3.02. The first-order valence-electron chi connectivity index (χ1n) is 8.25. The summed E-state index contributed by atoms with van der Waals surface area (Å²) < 4.78 is 6.48. The van der Waals surface area contributed by atoms with Crippen molar-refractivity contribution in [2.24, 2.45) is 0 Å². The monoisotopic (exact) mass is 368 g/mol. The van der Waals surface area contributed by atoms with Crippen LogP contribution in [0.1, 0.15) is 28.4 Å². The summed E-state index contributed by atoms with van der Waals surface area (Å²) in [7, 11) is 0. The molecule has 134 valence electrons. The molecule has 0 fully saturated rings. The standard InChI is InChI=1S/C19H20N4O2S/c1-3-25-18(24)16-10-6-14(7-11-16)12-26-19-22-21-17(23(19)20)15-8-4-13(2)5-9-15/h4-11H,3,12,20H2,1-2H3. The van der Waals surface area contributed by atoms with Crippen LogP contribution >= 0.6 is 11.8 Å². The molecule has 0 saturated heterocycles. The van der Waals surface area contributed by atoms with Gasteiger partial charge in [0.2, 0.25) is 5.16 Å². The first kappa shape index (κ1) is 18.0. The molecule has 26 heavy (non-hydrogen) atoms. The Balaban J connectivity index is 1.67. The van der Waals surface area contributed by atoms with Crippen LogP contribution in [0.2, 0.25) is 0 Å². The Kier molecular flexibility index (Phi) is 5.58. The molecule has 1 heterocycles. The summed E-state index contributed by atoms with van der Waals surface area (Å²) in [5, 5.41) is 9.00. The highest BCUT2D eigenvalue weighted by Crippen LogP contribution is 2.24. The van der Waals surface area contributed by atoms with Gasteiger partial charge in [-0.2, -0.15) is 0 Å². The van der Waals surface area contributed by atoms with E-state index in [9.17, 15) is 4.79 Å². The van der Waals surface area contributed by atoms with Gasteiger partial charge < -0.3 is 10.6 Å². The van der Waals surface area contributed by atoms with Gasteiger partial charge in [0.15, 0.2) is 5.82 Å². The molecule has 0 aliphatic carbocycles. The Morgan fingerprint density at radius 2 is 1.81 bits per heavy atom. The minimum atomic E-state index is -0.309. The topological polar surface area (TPSA) is 83.0 Å². The summed E-state index contributed by atoms with van der Waals surface area (Å²) in [6.07, 6.45) is 0. The van der Waals surface area contributed by atoms with Gasteiger partial charge >= 0.3 is 5.97 Å². The van der Waals surface area contributed by atoms with Crippen molar-refractivity contribution in [1.29, 1.82) is 0 Å². The van der Waals surface area contributed by atoms with Crippen LogP contribution in [0, 0.1) is 6.92 Å². The van der Waals surface area contributed by atoms with Gasteiger partial charge in [-0.3, -0.25) is 0 Å². The Bertz CT molecular complexity index is 889. The van der Waals surface area contributed by atoms with Crippen LogP contribution in [-0.2, 0) is 10.5 Å². The quantitative estimate of drug-likeness (QED) is 0.408. The van der Waals surface area contributed by atoms with Crippen molar-refractivity contribution in [3.8, 4) is 11.4 Å². The molecule has 0 spiro atoms. The molecule has 0 unspecified atom stereocenters. The smallest absolute Gasteiger partial charge is 0.338 e. The maximum atomic E-state index is 11.7. The summed E-state index contributed by atoms with van der Waals surface area (Å²) in [5.74, 6) is 7.14. The molecule has 3 aromatic rings. The fourth-order valence-corrected chi connectivity index (χ4v) is 3.19. The summed E-state index contributed by atoms with van der Waals surface area (Å²) in [5.41, 5.74) is 3.71. The fourth-order valence-electron chi connectivity index (χ4n) is 2.37. The van der Waals surface area contributed by atoms with Crippen LogP contribution in [0.3, 0.4) is 0 Å². The first-order valence-corrected chi connectivity index (χ1v) is 9.23. The van der Waals surface area contributed by atoms with Crippen LogP contribution < -0.4 is 5.84 Å². The van der Waals surface area contributed by atoms with Gasteiger partial charge in [0, 0.05) is 11.3 Å². The molecule has 6 nitrogen and oxygen atoms in total. The molecule has 3 rings (SSSR count). The number of aromatic nitrogens is 3. The zero-order chi connectivity index (χ0) is 18.5. The molecule has 0 radical (unpaired) electrons. The number of nitrogens with zero attached hydrogens (tertiary/aromatic N) is 3. The number of aryl methyl sites for hydroxylation is 1. The lowest BCUT2D eigenvalue weighted by Crippen LogP contribution is -2.11. The van der Waals surface area contributed by atoms with Crippen LogP contribution in [0.15, 0.2) is 53.7 Å². The maximum absolute atomic E-state index is 11.7. The van der Waals surface area contributed by atoms with Crippen molar-refractivity contribution in [2.45, 2.75) is 24.8 Å². The van der Waals surface area contributed by atoms with Gasteiger partial charge in [-0.15, -0.1) is 10.2 Å².